The number of carbonyl (C=O) groups excluding carboxylic acids is 1. The molecule has 1 aromatic carbocycles. The molecule has 7 nitrogen and oxygen atoms in total. The highest BCUT2D eigenvalue weighted by Gasteiger charge is 2.12. The van der Waals surface area contributed by atoms with Crippen molar-refractivity contribution in [1.29, 1.82) is 0 Å². The first-order valence-electron chi connectivity index (χ1n) is 8.85. The van der Waals surface area contributed by atoms with E-state index in [-0.39, 0.29) is 12.0 Å². The second kappa shape index (κ2) is 10.2. The zero-order chi connectivity index (χ0) is 20.5. The smallest absolute Gasteiger partial charge is 0.244 e. The number of rotatable bonds is 9. The summed E-state index contributed by atoms with van der Waals surface area (Å²) in [6.45, 7) is 4.17. The van der Waals surface area contributed by atoms with Crippen molar-refractivity contribution in [3.63, 3.8) is 0 Å². The van der Waals surface area contributed by atoms with Gasteiger partial charge in [-0.2, -0.15) is 0 Å². The first-order valence-corrected chi connectivity index (χ1v) is 8.85. The summed E-state index contributed by atoms with van der Waals surface area (Å²) in [6.07, 6.45) is 4.78. The molecule has 0 aliphatic carbocycles. The van der Waals surface area contributed by atoms with Gasteiger partial charge in [-0.3, -0.25) is 4.79 Å². The van der Waals surface area contributed by atoms with Crippen molar-refractivity contribution in [2.45, 2.75) is 26.5 Å². The first-order chi connectivity index (χ1) is 13.5. The molecule has 0 atom stereocenters. The van der Waals surface area contributed by atoms with E-state index in [4.69, 9.17) is 18.9 Å². The molecule has 0 radical (unpaired) electrons. The molecular weight excluding hydrogens is 360 g/mol. The van der Waals surface area contributed by atoms with Crippen LogP contribution in [-0.2, 0) is 11.3 Å². The summed E-state index contributed by atoms with van der Waals surface area (Å²) in [5.74, 6) is 1.82. The second-order valence-corrected chi connectivity index (χ2v) is 6.14. The average Bonchev–Trinajstić information content (AvgIpc) is 2.70. The molecule has 0 saturated carbocycles. The Morgan fingerprint density at radius 1 is 1.14 bits per heavy atom. The summed E-state index contributed by atoms with van der Waals surface area (Å²) in [6, 6.07) is 7.20. The topological polar surface area (TPSA) is 78.9 Å². The Morgan fingerprint density at radius 3 is 2.39 bits per heavy atom. The van der Waals surface area contributed by atoms with Gasteiger partial charge in [0, 0.05) is 24.4 Å². The lowest BCUT2D eigenvalue weighted by Gasteiger charge is -2.13. The van der Waals surface area contributed by atoms with Gasteiger partial charge in [-0.25, -0.2) is 4.98 Å². The second-order valence-electron chi connectivity index (χ2n) is 6.14. The molecule has 0 fully saturated rings. The highest BCUT2D eigenvalue weighted by Crippen LogP contribution is 2.38. The van der Waals surface area contributed by atoms with Gasteiger partial charge >= 0.3 is 0 Å². The van der Waals surface area contributed by atoms with Crippen LogP contribution < -0.4 is 24.3 Å². The van der Waals surface area contributed by atoms with E-state index in [9.17, 15) is 4.79 Å². The minimum Gasteiger partial charge on any atom is -0.493 e. The lowest BCUT2D eigenvalue weighted by Crippen LogP contribution is -2.21. The number of carbonyl (C=O) groups is 1. The minimum atomic E-state index is -0.242. The van der Waals surface area contributed by atoms with Crippen LogP contribution in [0.4, 0.5) is 0 Å². The summed E-state index contributed by atoms with van der Waals surface area (Å²) < 4.78 is 21.6. The average molecular weight is 386 g/mol. The number of benzene rings is 1. The Morgan fingerprint density at radius 2 is 1.82 bits per heavy atom. The Hall–Kier alpha value is -3.22. The summed E-state index contributed by atoms with van der Waals surface area (Å²) in [5, 5.41) is 2.83. The van der Waals surface area contributed by atoms with Crippen LogP contribution in [0.25, 0.3) is 6.08 Å². The van der Waals surface area contributed by atoms with E-state index in [1.54, 1.807) is 51.8 Å². The van der Waals surface area contributed by atoms with E-state index in [0.29, 0.717) is 29.7 Å². The van der Waals surface area contributed by atoms with Gasteiger partial charge < -0.3 is 24.3 Å². The van der Waals surface area contributed by atoms with Crippen molar-refractivity contribution in [3.8, 4) is 23.1 Å². The largest absolute Gasteiger partial charge is 0.493 e. The molecule has 7 heteroatoms. The zero-order valence-corrected chi connectivity index (χ0v) is 16.8. The third kappa shape index (κ3) is 5.64. The van der Waals surface area contributed by atoms with Gasteiger partial charge in [0.1, 0.15) is 0 Å². The molecule has 0 aliphatic rings. The molecule has 1 aromatic heterocycles. The molecule has 0 spiro atoms. The third-order valence-corrected chi connectivity index (χ3v) is 3.76. The van der Waals surface area contributed by atoms with Gasteiger partial charge in [0.25, 0.3) is 0 Å². The SMILES string of the molecule is COc1cc(C=CC(=O)NCc2cccnc2OC(C)C)cc(OC)c1OC. The van der Waals surface area contributed by atoms with Crippen LogP contribution in [0.3, 0.4) is 0 Å². The van der Waals surface area contributed by atoms with E-state index < -0.39 is 0 Å². The molecule has 1 heterocycles. The van der Waals surface area contributed by atoms with E-state index in [1.165, 1.54) is 6.08 Å². The molecule has 0 saturated heterocycles. The number of nitrogens with one attached hydrogen (secondary N) is 1. The summed E-state index contributed by atoms with van der Waals surface area (Å²) in [7, 11) is 4.63. The normalized spacial score (nSPS) is 10.8. The minimum absolute atomic E-state index is 0.00396. The van der Waals surface area contributed by atoms with Crippen LogP contribution in [0, 0.1) is 0 Å². The van der Waals surface area contributed by atoms with Crippen molar-refractivity contribution in [2.75, 3.05) is 21.3 Å². The molecule has 28 heavy (non-hydrogen) atoms. The van der Waals surface area contributed by atoms with Crippen LogP contribution in [0.5, 0.6) is 23.1 Å². The van der Waals surface area contributed by atoms with Gasteiger partial charge in [-0.15, -0.1) is 0 Å². The number of hydrogen-bond donors (Lipinski definition) is 1. The molecular formula is C21H26N2O5. The maximum atomic E-state index is 12.2. The number of ether oxygens (including phenoxy) is 4. The molecule has 1 amide bonds. The molecule has 0 aliphatic heterocycles. The summed E-state index contributed by atoms with van der Waals surface area (Å²) in [5.41, 5.74) is 1.56. The summed E-state index contributed by atoms with van der Waals surface area (Å²) in [4.78, 5) is 16.4. The zero-order valence-electron chi connectivity index (χ0n) is 16.8. The standard InChI is InChI=1S/C21H26N2O5/c1-14(2)28-21-16(7-6-10-22-21)13-23-19(24)9-8-15-11-17(25-3)20(27-5)18(12-15)26-4/h6-12,14H,13H2,1-5H3,(H,23,24). The maximum absolute atomic E-state index is 12.2. The predicted molar refractivity (Wildman–Crippen MR) is 107 cm³/mol. The van der Waals surface area contributed by atoms with Crippen LogP contribution in [0.1, 0.15) is 25.0 Å². The van der Waals surface area contributed by atoms with Crippen molar-refractivity contribution in [3.05, 3.63) is 47.7 Å². The fourth-order valence-corrected chi connectivity index (χ4v) is 2.50. The molecule has 0 bridgehead atoms. The van der Waals surface area contributed by atoms with E-state index in [2.05, 4.69) is 10.3 Å². The highest BCUT2D eigenvalue weighted by molar-refractivity contribution is 5.91. The quantitative estimate of drug-likeness (QED) is 0.667. The van der Waals surface area contributed by atoms with E-state index in [0.717, 1.165) is 11.1 Å². The number of pyridine rings is 1. The molecule has 2 rings (SSSR count). The van der Waals surface area contributed by atoms with Crippen molar-refractivity contribution in [2.24, 2.45) is 0 Å². The van der Waals surface area contributed by atoms with Gasteiger partial charge in [-0.05, 0) is 43.7 Å². The Labute approximate surface area is 165 Å². The molecule has 2 aromatic rings. The highest BCUT2D eigenvalue weighted by atomic mass is 16.5. The van der Waals surface area contributed by atoms with Gasteiger partial charge in [0.05, 0.1) is 27.4 Å². The van der Waals surface area contributed by atoms with Crippen molar-refractivity contribution in [1.82, 2.24) is 10.3 Å². The lowest BCUT2D eigenvalue weighted by atomic mass is 10.1. The fraction of sp³-hybridized carbons (Fsp3) is 0.333. The van der Waals surface area contributed by atoms with Gasteiger partial charge in [0.2, 0.25) is 17.5 Å². The number of methoxy groups -OCH3 is 3. The van der Waals surface area contributed by atoms with Crippen molar-refractivity contribution >= 4 is 12.0 Å². The van der Waals surface area contributed by atoms with Gasteiger partial charge in [-0.1, -0.05) is 6.07 Å². The van der Waals surface area contributed by atoms with E-state index >= 15 is 0 Å². The lowest BCUT2D eigenvalue weighted by molar-refractivity contribution is -0.116. The van der Waals surface area contributed by atoms with Crippen LogP contribution in [-0.4, -0.2) is 38.3 Å². The van der Waals surface area contributed by atoms with Crippen LogP contribution in [0.15, 0.2) is 36.5 Å². The Bertz CT molecular complexity index is 808. The number of hydrogen-bond acceptors (Lipinski definition) is 6. The number of nitrogens with zero attached hydrogens (tertiary/aromatic N) is 1. The molecule has 150 valence electrons. The number of amides is 1. The summed E-state index contributed by atoms with van der Waals surface area (Å²) >= 11 is 0. The van der Waals surface area contributed by atoms with Crippen LogP contribution in [0.2, 0.25) is 0 Å². The predicted octanol–water partition coefficient (Wildman–Crippen LogP) is 3.22. The first kappa shape index (κ1) is 21.1. The van der Waals surface area contributed by atoms with Gasteiger partial charge in [0.15, 0.2) is 11.5 Å². The molecule has 0 unspecified atom stereocenters. The number of aromatic nitrogens is 1. The van der Waals surface area contributed by atoms with Crippen LogP contribution >= 0.6 is 0 Å². The monoisotopic (exact) mass is 386 g/mol. The Balaban J connectivity index is 2.07. The maximum Gasteiger partial charge on any atom is 0.244 e. The van der Waals surface area contributed by atoms with Crippen molar-refractivity contribution < 1.29 is 23.7 Å². The Kier molecular flexibility index (Phi) is 7.68. The third-order valence-electron chi connectivity index (χ3n) is 3.76. The molecule has 1 N–H and O–H groups in total. The van der Waals surface area contributed by atoms with E-state index in [1.807, 2.05) is 19.9 Å². The fourth-order valence-electron chi connectivity index (χ4n) is 2.50.